The molecule has 1 aliphatic rings. The number of hydrogen-bond acceptors (Lipinski definition) is 4. The molecule has 1 saturated carbocycles. The number of amides is 1. The fourth-order valence-electron chi connectivity index (χ4n) is 3.04. The van der Waals surface area contributed by atoms with E-state index in [0.717, 1.165) is 30.5 Å². The number of nitrogens with two attached hydrogens (primary N) is 1. The minimum atomic E-state index is 0. The molecule has 0 bridgehead atoms. The maximum Gasteiger partial charge on any atom is 0.226 e. The van der Waals surface area contributed by atoms with Crippen molar-refractivity contribution < 1.29 is 4.79 Å². The Morgan fingerprint density at radius 1 is 1.39 bits per heavy atom. The maximum atomic E-state index is 12.1. The summed E-state index contributed by atoms with van der Waals surface area (Å²) >= 11 is 1.47. The van der Waals surface area contributed by atoms with Gasteiger partial charge in [-0.1, -0.05) is 30.7 Å². The molecule has 3 N–H and O–H groups in total. The van der Waals surface area contributed by atoms with Crippen molar-refractivity contribution in [2.75, 3.05) is 5.32 Å². The quantitative estimate of drug-likeness (QED) is 0.874. The van der Waals surface area contributed by atoms with Crippen molar-refractivity contribution >= 4 is 34.8 Å². The second-order valence-electron chi connectivity index (χ2n) is 5.96. The lowest BCUT2D eigenvalue weighted by molar-refractivity contribution is -0.117. The highest BCUT2D eigenvalue weighted by Crippen LogP contribution is 2.29. The smallest absolute Gasteiger partial charge is 0.226 e. The van der Waals surface area contributed by atoms with Gasteiger partial charge in [0.2, 0.25) is 5.91 Å². The zero-order valence-electron chi connectivity index (χ0n) is 13.1. The van der Waals surface area contributed by atoms with Gasteiger partial charge >= 0.3 is 0 Å². The van der Waals surface area contributed by atoms with Gasteiger partial charge in [-0.3, -0.25) is 4.79 Å². The molecule has 1 aliphatic carbocycles. The van der Waals surface area contributed by atoms with Gasteiger partial charge in [-0.2, -0.15) is 0 Å². The van der Waals surface area contributed by atoms with Crippen LogP contribution in [0.4, 0.5) is 5.13 Å². The summed E-state index contributed by atoms with van der Waals surface area (Å²) in [5.74, 6) is 0.337. The molecular formula is C17H22ClN3OS. The molecule has 0 radical (unpaired) electrons. The van der Waals surface area contributed by atoms with Crippen molar-refractivity contribution in [3.63, 3.8) is 0 Å². The molecule has 1 fully saturated rings. The highest BCUT2D eigenvalue weighted by molar-refractivity contribution is 7.14. The fraction of sp³-hybridized carbons (Fsp3) is 0.412. The maximum absolute atomic E-state index is 12.1. The Balaban J connectivity index is 0.00000192. The predicted octanol–water partition coefficient (Wildman–Crippen LogP) is 4.00. The summed E-state index contributed by atoms with van der Waals surface area (Å²) in [6, 6.07) is 8.30. The monoisotopic (exact) mass is 351 g/mol. The zero-order chi connectivity index (χ0) is 15.5. The molecule has 0 spiro atoms. The topological polar surface area (TPSA) is 68.0 Å². The highest BCUT2D eigenvalue weighted by Gasteiger charge is 2.26. The molecule has 2 aromatic rings. The van der Waals surface area contributed by atoms with E-state index in [1.54, 1.807) is 0 Å². The second kappa shape index (κ2) is 7.90. The van der Waals surface area contributed by atoms with Crippen LogP contribution in [0.2, 0.25) is 0 Å². The van der Waals surface area contributed by atoms with Crippen LogP contribution in [0.15, 0.2) is 29.6 Å². The van der Waals surface area contributed by atoms with Gasteiger partial charge in [-0.25, -0.2) is 4.98 Å². The van der Waals surface area contributed by atoms with Gasteiger partial charge in [-0.05, 0) is 31.2 Å². The Kier molecular flexibility index (Phi) is 6.16. The van der Waals surface area contributed by atoms with E-state index >= 15 is 0 Å². The van der Waals surface area contributed by atoms with E-state index in [4.69, 9.17) is 5.73 Å². The molecule has 1 aromatic heterocycles. The molecule has 6 heteroatoms. The van der Waals surface area contributed by atoms with Crippen LogP contribution in [0.1, 0.15) is 31.2 Å². The summed E-state index contributed by atoms with van der Waals surface area (Å²) in [5.41, 5.74) is 9.23. The van der Waals surface area contributed by atoms with Gasteiger partial charge in [-0.15, -0.1) is 23.7 Å². The average Bonchev–Trinajstić information content (AvgIpc) is 3.10. The van der Waals surface area contributed by atoms with Crippen molar-refractivity contribution in [1.82, 2.24) is 4.98 Å². The van der Waals surface area contributed by atoms with Crippen LogP contribution in [0.3, 0.4) is 0 Å². The van der Waals surface area contributed by atoms with E-state index in [1.165, 1.54) is 16.9 Å². The first-order valence-corrected chi connectivity index (χ1v) is 8.58. The van der Waals surface area contributed by atoms with Crippen LogP contribution in [0.25, 0.3) is 11.3 Å². The molecule has 1 heterocycles. The minimum absolute atomic E-state index is 0. The Morgan fingerprint density at radius 3 is 2.87 bits per heavy atom. The van der Waals surface area contributed by atoms with Gasteiger partial charge < -0.3 is 11.1 Å². The Labute approximate surface area is 146 Å². The largest absolute Gasteiger partial charge is 0.327 e. The van der Waals surface area contributed by atoms with Crippen molar-refractivity contribution in [3.8, 4) is 11.3 Å². The number of rotatable bonds is 4. The Morgan fingerprint density at radius 2 is 2.17 bits per heavy atom. The number of benzene rings is 1. The van der Waals surface area contributed by atoms with Crippen molar-refractivity contribution in [1.29, 1.82) is 0 Å². The number of carbonyl (C=O) groups excluding carboxylic acids is 1. The van der Waals surface area contributed by atoms with E-state index in [2.05, 4.69) is 23.3 Å². The first-order chi connectivity index (χ1) is 10.6. The number of hydrogen-bond donors (Lipinski definition) is 2. The lowest BCUT2D eigenvalue weighted by Gasteiger charge is -2.13. The number of carbonyl (C=O) groups is 1. The first-order valence-electron chi connectivity index (χ1n) is 7.70. The molecule has 4 nitrogen and oxygen atoms in total. The van der Waals surface area contributed by atoms with E-state index < -0.39 is 0 Å². The molecule has 1 aromatic carbocycles. The number of thiazole rings is 1. The number of anilines is 1. The summed E-state index contributed by atoms with van der Waals surface area (Å²) in [5, 5.41) is 5.56. The summed E-state index contributed by atoms with van der Waals surface area (Å²) in [7, 11) is 0. The third-order valence-electron chi connectivity index (χ3n) is 4.34. The van der Waals surface area contributed by atoms with Gasteiger partial charge in [0.25, 0.3) is 0 Å². The number of nitrogens with zero attached hydrogens (tertiary/aromatic N) is 1. The van der Waals surface area contributed by atoms with E-state index in [0.29, 0.717) is 17.5 Å². The third kappa shape index (κ3) is 4.31. The molecule has 0 unspecified atom stereocenters. The van der Waals surface area contributed by atoms with E-state index in [-0.39, 0.29) is 24.4 Å². The van der Waals surface area contributed by atoms with Crippen LogP contribution in [-0.4, -0.2) is 16.9 Å². The molecule has 0 aliphatic heterocycles. The van der Waals surface area contributed by atoms with Crippen LogP contribution >= 0.6 is 23.7 Å². The molecule has 23 heavy (non-hydrogen) atoms. The summed E-state index contributed by atoms with van der Waals surface area (Å²) < 4.78 is 0. The average molecular weight is 352 g/mol. The SMILES string of the molecule is Cc1ccccc1-c1csc(NC(=O)C[C@@H]2CCC[C@H]2N)n1.Cl. The van der Waals surface area contributed by atoms with Crippen LogP contribution in [-0.2, 0) is 4.79 Å². The number of aryl methyl sites for hydroxylation is 1. The normalized spacial score (nSPS) is 20.1. The zero-order valence-corrected chi connectivity index (χ0v) is 14.8. The number of halogens is 1. The molecule has 0 saturated heterocycles. The van der Waals surface area contributed by atoms with Crippen LogP contribution in [0.5, 0.6) is 0 Å². The summed E-state index contributed by atoms with van der Waals surface area (Å²) in [6.45, 7) is 2.06. The highest BCUT2D eigenvalue weighted by atomic mass is 35.5. The van der Waals surface area contributed by atoms with E-state index in [1.807, 2.05) is 23.6 Å². The molecule has 2 atom stereocenters. The second-order valence-corrected chi connectivity index (χ2v) is 6.82. The fourth-order valence-corrected chi connectivity index (χ4v) is 3.77. The van der Waals surface area contributed by atoms with Crippen molar-refractivity contribution in [3.05, 3.63) is 35.2 Å². The van der Waals surface area contributed by atoms with Gasteiger partial charge in [0.1, 0.15) is 0 Å². The Bertz CT molecular complexity index is 673. The van der Waals surface area contributed by atoms with Crippen LogP contribution < -0.4 is 11.1 Å². The lowest BCUT2D eigenvalue weighted by atomic mass is 10.00. The Hall–Kier alpha value is -1.43. The summed E-state index contributed by atoms with van der Waals surface area (Å²) in [4.78, 5) is 16.7. The minimum Gasteiger partial charge on any atom is -0.327 e. The van der Waals surface area contributed by atoms with Crippen molar-refractivity contribution in [2.45, 2.75) is 38.6 Å². The molecular weight excluding hydrogens is 330 g/mol. The summed E-state index contributed by atoms with van der Waals surface area (Å²) in [6.07, 6.45) is 3.72. The van der Waals surface area contributed by atoms with Gasteiger partial charge in [0.05, 0.1) is 5.69 Å². The van der Waals surface area contributed by atoms with Crippen LogP contribution in [0, 0.1) is 12.8 Å². The first kappa shape index (κ1) is 17.9. The number of aromatic nitrogens is 1. The third-order valence-corrected chi connectivity index (χ3v) is 5.09. The van der Waals surface area contributed by atoms with Gasteiger partial charge in [0.15, 0.2) is 5.13 Å². The van der Waals surface area contributed by atoms with Gasteiger partial charge in [0, 0.05) is 23.4 Å². The van der Waals surface area contributed by atoms with Crippen molar-refractivity contribution in [2.24, 2.45) is 11.7 Å². The number of nitrogens with one attached hydrogen (secondary N) is 1. The lowest BCUT2D eigenvalue weighted by Crippen LogP contribution is -2.28. The molecule has 1 amide bonds. The molecule has 124 valence electrons. The van der Waals surface area contributed by atoms with E-state index in [9.17, 15) is 4.79 Å². The standard InChI is InChI=1S/C17H21N3OS.ClH/c1-11-5-2-3-7-13(11)15-10-22-17(19-15)20-16(21)9-12-6-4-8-14(12)18;/h2-3,5,7,10,12,14H,4,6,8-9,18H2,1H3,(H,19,20,21);1H/t12-,14+;/m0./s1. The predicted molar refractivity (Wildman–Crippen MR) is 98.1 cm³/mol. The molecule has 3 rings (SSSR count).